The molecule has 1 atom stereocenters. The highest BCUT2D eigenvalue weighted by Crippen LogP contribution is 2.41. The Hall–Kier alpha value is -4.19. The lowest BCUT2D eigenvalue weighted by atomic mass is 9.93. The summed E-state index contributed by atoms with van der Waals surface area (Å²) in [5.74, 6) is -1.76. The summed E-state index contributed by atoms with van der Waals surface area (Å²) in [6.45, 7) is 0.0337. The second-order valence-corrected chi connectivity index (χ2v) is 7.58. The Morgan fingerprint density at radius 2 is 1.69 bits per heavy atom. The van der Waals surface area contributed by atoms with Gasteiger partial charge in [0, 0.05) is 5.56 Å². The number of hydrogen-bond donors (Lipinski definition) is 1. The fourth-order valence-corrected chi connectivity index (χ4v) is 4.18. The van der Waals surface area contributed by atoms with E-state index in [1.54, 1.807) is 24.3 Å². The van der Waals surface area contributed by atoms with Gasteiger partial charge in [0.25, 0.3) is 11.7 Å². The molecule has 2 heterocycles. The molecule has 1 aromatic heterocycles. The van der Waals surface area contributed by atoms with Gasteiger partial charge >= 0.3 is 0 Å². The van der Waals surface area contributed by atoms with Gasteiger partial charge in [0.15, 0.2) is 0 Å². The second-order valence-electron chi connectivity index (χ2n) is 7.58. The summed E-state index contributed by atoms with van der Waals surface area (Å²) in [4.78, 5) is 27.5. The van der Waals surface area contributed by atoms with Gasteiger partial charge in [-0.2, -0.15) is 0 Å². The molecular formula is C26H18FNO4. The van der Waals surface area contributed by atoms with Gasteiger partial charge in [0.1, 0.15) is 17.3 Å². The number of benzene rings is 3. The number of ketones is 1. The van der Waals surface area contributed by atoms with Crippen LogP contribution in [0.15, 0.2) is 95.1 Å². The van der Waals surface area contributed by atoms with Crippen molar-refractivity contribution in [2.45, 2.75) is 12.6 Å². The molecule has 158 valence electrons. The Bertz CT molecular complexity index is 1350. The van der Waals surface area contributed by atoms with Crippen LogP contribution >= 0.6 is 0 Å². The smallest absolute Gasteiger partial charge is 0.296 e. The largest absolute Gasteiger partial charge is 0.507 e. The number of rotatable bonds is 4. The van der Waals surface area contributed by atoms with Crippen LogP contribution in [0.25, 0.3) is 16.5 Å². The molecule has 1 saturated heterocycles. The third-order valence-electron chi connectivity index (χ3n) is 5.68. The molecule has 32 heavy (non-hydrogen) atoms. The predicted molar refractivity (Wildman–Crippen MR) is 117 cm³/mol. The van der Waals surface area contributed by atoms with E-state index in [2.05, 4.69) is 0 Å². The van der Waals surface area contributed by atoms with Crippen LogP contribution in [0, 0.1) is 5.82 Å². The van der Waals surface area contributed by atoms with Crippen molar-refractivity contribution in [1.82, 2.24) is 4.90 Å². The van der Waals surface area contributed by atoms with Crippen LogP contribution in [0.3, 0.4) is 0 Å². The van der Waals surface area contributed by atoms with E-state index < -0.39 is 23.5 Å². The fraction of sp³-hybridized carbons (Fsp3) is 0.0769. The Morgan fingerprint density at radius 1 is 0.938 bits per heavy atom. The van der Waals surface area contributed by atoms with Crippen molar-refractivity contribution in [2.24, 2.45) is 0 Å². The number of halogens is 1. The Kier molecular flexibility index (Phi) is 4.82. The fourth-order valence-electron chi connectivity index (χ4n) is 4.18. The molecule has 1 N–H and O–H groups in total. The number of hydrogen-bond acceptors (Lipinski definition) is 4. The summed E-state index contributed by atoms with van der Waals surface area (Å²) in [6, 6.07) is 20.9. The first-order chi connectivity index (χ1) is 15.5. The number of nitrogens with zero attached hydrogens (tertiary/aromatic N) is 1. The number of Topliss-reactive ketones (excluding diaryl/α,β-unsaturated/α-hetero) is 1. The van der Waals surface area contributed by atoms with Crippen LogP contribution in [-0.2, 0) is 16.1 Å². The SMILES string of the molecule is O=C1C(=O)N(Cc2ccco2)C(c2ccc(F)cc2)/C1=C(/O)c1cccc2ccccc12. The van der Waals surface area contributed by atoms with Gasteiger partial charge in [-0.05, 0) is 40.6 Å². The van der Waals surface area contributed by atoms with Crippen molar-refractivity contribution in [3.05, 3.63) is 113 Å². The van der Waals surface area contributed by atoms with E-state index in [0.717, 1.165) is 10.8 Å². The van der Waals surface area contributed by atoms with Crippen molar-refractivity contribution in [3.63, 3.8) is 0 Å². The van der Waals surface area contributed by atoms with Gasteiger partial charge in [-0.1, -0.05) is 54.6 Å². The lowest BCUT2D eigenvalue weighted by molar-refractivity contribution is -0.140. The summed E-state index contributed by atoms with van der Waals surface area (Å²) in [5, 5.41) is 13.0. The van der Waals surface area contributed by atoms with E-state index in [9.17, 15) is 19.1 Å². The molecule has 0 saturated carbocycles. The minimum atomic E-state index is -0.889. The molecule has 1 fully saturated rings. The molecule has 0 bridgehead atoms. The molecule has 0 radical (unpaired) electrons. The zero-order valence-corrected chi connectivity index (χ0v) is 16.9. The molecule has 1 aliphatic rings. The first kappa shape index (κ1) is 19.8. The van der Waals surface area contributed by atoms with E-state index in [4.69, 9.17) is 4.42 Å². The highest BCUT2D eigenvalue weighted by atomic mass is 19.1. The molecule has 0 aliphatic carbocycles. The molecule has 1 aliphatic heterocycles. The maximum atomic E-state index is 13.6. The number of aliphatic hydroxyl groups excluding tert-OH is 1. The molecule has 5 rings (SSSR count). The zero-order chi connectivity index (χ0) is 22.2. The van der Waals surface area contributed by atoms with Crippen LogP contribution in [0.2, 0.25) is 0 Å². The second kappa shape index (κ2) is 7.81. The zero-order valence-electron chi connectivity index (χ0n) is 16.9. The predicted octanol–water partition coefficient (Wildman–Crippen LogP) is 5.19. The van der Waals surface area contributed by atoms with Gasteiger partial charge < -0.3 is 14.4 Å². The molecule has 4 aromatic rings. The van der Waals surface area contributed by atoms with Gasteiger partial charge in [0.2, 0.25) is 0 Å². The monoisotopic (exact) mass is 427 g/mol. The molecular weight excluding hydrogens is 409 g/mol. The summed E-state index contributed by atoms with van der Waals surface area (Å²) in [6.07, 6.45) is 1.48. The molecule has 1 amide bonds. The highest BCUT2D eigenvalue weighted by Gasteiger charge is 2.46. The quantitative estimate of drug-likeness (QED) is 0.276. The lowest BCUT2D eigenvalue weighted by Crippen LogP contribution is -2.29. The summed E-state index contributed by atoms with van der Waals surface area (Å²) < 4.78 is 19.0. The van der Waals surface area contributed by atoms with E-state index in [1.807, 2.05) is 30.3 Å². The molecule has 1 unspecified atom stereocenters. The van der Waals surface area contributed by atoms with Gasteiger partial charge in [-0.25, -0.2) is 4.39 Å². The van der Waals surface area contributed by atoms with Crippen LogP contribution < -0.4 is 0 Å². The average molecular weight is 427 g/mol. The standard InChI is InChI=1S/C26H18FNO4/c27-18-12-10-17(11-13-18)23-22(25(30)26(31)28(23)15-19-7-4-14-32-19)24(29)21-9-3-6-16-5-1-2-8-20(16)21/h1-14,23,29H,15H2/b24-22-. The number of carbonyl (C=O) groups is 2. The summed E-state index contributed by atoms with van der Waals surface area (Å²) >= 11 is 0. The molecule has 3 aromatic carbocycles. The third-order valence-corrected chi connectivity index (χ3v) is 5.68. The van der Waals surface area contributed by atoms with E-state index in [1.165, 1.54) is 35.4 Å². The third kappa shape index (κ3) is 3.26. The summed E-state index contributed by atoms with van der Waals surface area (Å²) in [7, 11) is 0. The number of carbonyl (C=O) groups excluding carboxylic acids is 2. The first-order valence-electron chi connectivity index (χ1n) is 10.1. The van der Waals surface area contributed by atoms with Crippen molar-refractivity contribution >= 4 is 28.2 Å². The van der Waals surface area contributed by atoms with Gasteiger partial charge in [-0.15, -0.1) is 0 Å². The number of likely N-dealkylation sites (tertiary alicyclic amines) is 1. The van der Waals surface area contributed by atoms with Gasteiger partial charge in [-0.3, -0.25) is 9.59 Å². The Morgan fingerprint density at radius 3 is 2.44 bits per heavy atom. The minimum absolute atomic E-state index is 0.0337. The van der Waals surface area contributed by atoms with Crippen molar-refractivity contribution < 1.29 is 23.5 Å². The molecule has 0 spiro atoms. The number of aliphatic hydroxyl groups is 1. The minimum Gasteiger partial charge on any atom is -0.507 e. The van der Waals surface area contributed by atoms with Crippen LogP contribution in [-0.4, -0.2) is 21.7 Å². The number of furan rings is 1. The van der Waals surface area contributed by atoms with E-state index in [-0.39, 0.29) is 17.9 Å². The Labute approximate surface area is 183 Å². The summed E-state index contributed by atoms with van der Waals surface area (Å²) in [5.41, 5.74) is 0.926. The van der Waals surface area contributed by atoms with Crippen LogP contribution in [0.1, 0.15) is 22.9 Å². The molecule has 6 heteroatoms. The van der Waals surface area contributed by atoms with E-state index in [0.29, 0.717) is 16.9 Å². The maximum Gasteiger partial charge on any atom is 0.296 e. The average Bonchev–Trinajstić information content (AvgIpc) is 3.41. The lowest BCUT2D eigenvalue weighted by Gasteiger charge is -2.24. The normalized spacial score (nSPS) is 17.9. The van der Waals surface area contributed by atoms with Crippen LogP contribution in [0.5, 0.6) is 0 Å². The van der Waals surface area contributed by atoms with Crippen molar-refractivity contribution in [1.29, 1.82) is 0 Å². The number of fused-ring (bicyclic) bond motifs is 1. The van der Waals surface area contributed by atoms with Gasteiger partial charge in [0.05, 0.1) is 24.4 Å². The highest BCUT2D eigenvalue weighted by molar-refractivity contribution is 6.46. The molecule has 5 nitrogen and oxygen atoms in total. The number of amides is 1. The maximum absolute atomic E-state index is 13.6. The first-order valence-corrected chi connectivity index (χ1v) is 10.1. The van der Waals surface area contributed by atoms with Crippen molar-refractivity contribution in [3.8, 4) is 0 Å². The van der Waals surface area contributed by atoms with E-state index >= 15 is 0 Å². The topological polar surface area (TPSA) is 70.8 Å². The van der Waals surface area contributed by atoms with Crippen LogP contribution in [0.4, 0.5) is 4.39 Å². The Balaban J connectivity index is 1.71. The van der Waals surface area contributed by atoms with Crippen molar-refractivity contribution in [2.75, 3.05) is 0 Å².